The number of aliphatic carboxylic acids is 1. The summed E-state index contributed by atoms with van der Waals surface area (Å²) in [6.45, 7) is 5.49. The van der Waals surface area contributed by atoms with E-state index in [1.54, 1.807) is 6.08 Å². The van der Waals surface area contributed by atoms with Crippen molar-refractivity contribution in [2.45, 2.75) is 26.6 Å². The van der Waals surface area contributed by atoms with Crippen molar-refractivity contribution in [2.24, 2.45) is 0 Å². The van der Waals surface area contributed by atoms with Gasteiger partial charge in [0.05, 0.1) is 25.9 Å². The Morgan fingerprint density at radius 3 is 2.74 bits per heavy atom. The van der Waals surface area contributed by atoms with Gasteiger partial charge in [-0.3, -0.25) is 0 Å². The summed E-state index contributed by atoms with van der Waals surface area (Å²) in [6, 6.07) is 7.56. The van der Waals surface area contributed by atoms with Gasteiger partial charge in [-0.25, -0.2) is 4.79 Å². The first-order valence-corrected chi connectivity index (χ1v) is 6.28. The van der Waals surface area contributed by atoms with Gasteiger partial charge in [-0.15, -0.1) is 0 Å². The second-order valence-electron chi connectivity index (χ2n) is 4.34. The Balaban J connectivity index is 2.47. The Bertz CT molecular complexity index is 424. The first-order valence-electron chi connectivity index (χ1n) is 6.28. The zero-order chi connectivity index (χ0) is 14.1. The van der Waals surface area contributed by atoms with Crippen LogP contribution in [0.4, 0.5) is 0 Å². The molecule has 4 heteroatoms. The predicted octanol–water partition coefficient (Wildman–Crippen LogP) is 2.73. The van der Waals surface area contributed by atoms with Crippen molar-refractivity contribution < 1.29 is 19.4 Å². The van der Waals surface area contributed by atoms with Crippen molar-refractivity contribution in [1.82, 2.24) is 0 Å². The molecule has 0 bridgehead atoms. The molecule has 1 aromatic carbocycles. The van der Waals surface area contributed by atoms with Crippen LogP contribution in [0.2, 0.25) is 0 Å². The molecule has 0 aromatic heterocycles. The van der Waals surface area contributed by atoms with E-state index in [0.717, 1.165) is 17.2 Å². The number of carbonyl (C=O) groups is 1. The number of hydrogen-bond donors (Lipinski definition) is 1. The topological polar surface area (TPSA) is 55.8 Å². The number of ether oxygens (including phenoxy) is 2. The Kier molecular flexibility index (Phi) is 6.85. The van der Waals surface area contributed by atoms with Crippen LogP contribution in [0.5, 0.6) is 0 Å². The smallest absolute Gasteiger partial charge is 0.328 e. The third-order valence-corrected chi connectivity index (χ3v) is 2.40. The zero-order valence-electron chi connectivity index (χ0n) is 11.3. The summed E-state index contributed by atoms with van der Waals surface area (Å²) in [5.74, 6) is -0.957. The van der Waals surface area contributed by atoms with E-state index < -0.39 is 5.97 Å². The third-order valence-electron chi connectivity index (χ3n) is 2.40. The molecule has 0 radical (unpaired) electrons. The van der Waals surface area contributed by atoms with Gasteiger partial charge in [0.25, 0.3) is 0 Å². The van der Waals surface area contributed by atoms with E-state index in [0.29, 0.717) is 19.8 Å². The van der Waals surface area contributed by atoms with E-state index in [2.05, 4.69) is 0 Å². The highest BCUT2D eigenvalue weighted by Gasteiger charge is 2.00. The molecule has 4 nitrogen and oxygen atoms in total. The molecule has 19 heavy (non-hydrogen) atoms. The van der Waals surface area contributed by atoms with Crippen LogP contribution in [-0.4, -0.2) is 30.4 Å². The molecule has 1 aromatic rings. The van der Waals surface area contributed by atoms with Gasteiger partial charge in [-0.05, 0) is 31.1 Å². The van der Waals surface area contributed by atoms with Crippen LogP contribution >= 0.6 is 0 Å². The first kappa shape index (κ1) is 15.4. The molecule has 1 N–H and O–H groups in total. The number of benzene rings is 1. The maximum atomic E-state index is 10.5. The van der Waals surface area contributed by atoms with Crippen LogP contribution < -0.4 is 0 Å². The van der Waals surface area contributed by atoms with Gasteiger partial charge in [0.15, 0.2) is 0 Å². The highest BCUT2D eigenvalue weighted by atomic mass is 16.5. The molecule has 0 saturated carbocycles. The van der Waals surface area contributed by atoms with Gasteiger partial charge in [0.2, 0.25) is 0 Å². The van der Waals surface area contributed by atoms with Crippen molar-refractivity contribution in [3.63, 3.8) is 0 Å². The number of carboxylic acids is 1. The Morgan fingerprint density at radius 2 is 2.05 bits per heavy atom. The average Bonchev–Trinajstić information content (AvgIpc) is 2.36. The molecule has 0 atom stereocenters. The lowest BCUT2D eigenvalue weighted by atomic mass is 10.1. The van der Waals surface area contributed by atoms with Crippen LogP contribution in [0.25, 0.3) is 6.08 Å². The monoisotopic (exact) mass is 264 g/mol. The minimum Gasteiger partial charge on any atom is -0.478 e. The van der Waals surface area contributed by atoms with Crippen LogP contribution in [0.3, 0.4) is 0 Å². The van der Waals surface area contributed by atoms with Crippen LogP contribution in [0.1, 0.15) is 25.0 Å². The molecule has 0 aliphatic carbocycles. The van der Waals surface area contributed by atoms with Gasteiger partial charge in [-0.1, -0.05) is 24.3 Å². The van der Waals surface area contributed by atoms with Crippen LogP contribution in [-0.2, 0) is 20.9 Å². The summed E-state index contributed by atoms with van der Waals surface area (Å²) in [7, 11) is 0. The van der Waals surface area contributed by atoms with E-state index in [1.165, 1.54) is 0 Å². The van der Waals surface area contributed by atoms with Crippen molar-refractivity contribution >= 4 is 12.0 Å². The zero-order valence-corrected chi connectivity index (χ0v) is 11.3. The normalized spacial score (nSPS) is 11.3. The minimum atomic E-state index is -0.957. The van der Waals surface area contributed by atoms with Gasteiger partial charge in [-0.2, -0.15) is 0 Å². The molecule has 0 aliphatic rings. The summed E-state index contributed by atoms with van der Waals surface area (Å²) < 4.78 is 10.9. The highest BCUT2D eigenvalue weighted by Crippen LogP contribution is 2.12. The minimum absolute atomic E-state index is 0.203. The van der Waals surface area contributed by atoms with Gasteiger partial charge in [0.1, 0.15) is 0 Å². The number of hydrogen-bond acceptors (Lipinski definition) is 3. The highest BCUT2D eigenvalue weighted by molar-refractivity contribution is 5.85. The fourth-order valence-electron chi connectivity index (χ4n) is 1.51. The standard InChI is InChI=1S/C15H20O4/c1-12(2)19-10-9-18-11-14-6-4-3-5-13(14)7-8-15(16)17/h3-8,12H,9-11H2,1-2H3,(H,16,17). The van der Waals surface area contributed by atoms with Gasteiger partial charge >= 0.3 is 5.97 Å². The van der Waals surface area contributed by atoms with E-state index in [1.807, 2.05) is 38.1 Å². The summed E-state index contributed by atoms with van der Waals surface area (Å²) in [6.07, 6.45) is 2.90. The lowest BCUT2D eigenvalue weighted by Crippen LogP contribution is -2.09. The van der Waals surface area contributed by atoms with Crippen molar-refractivity contribution in [3.05, 3.63) is 41.5 Å². The van der Waals surface area contributed by atoms with Gasteiger partial charge in [0, 0.05) is 6.08 Å². The summed E-state index contributed by atoms with van der Waals surface area (Å²) >= 11 is 0. The molecule has 1 rings (SSSR count). The van der Waals surface area contributed by atoms with Gasteiger partial charge < -0.3 is 14.6 Å². The van der Waals surface area contributed by atoms with Crippen LogP contribution in [0.15, 0.2) is 30.3 Å². The molecule has 0 saturated heterocycles. The predicted molar refractivity (Wildman–Crippen MR) is 73.9 cm³/mol. The second kappa shape index (κ2) is 8.45. The second-order valence-corrected chi connectivity index (χ2v) is 4.34. The van der Waals surface area contributed by atoms with E-state index in [-0.39, 0.29) is 6.10 Å². The van der Waals surface area contributed by atoms with Crippen molar-refractivity contribution in [1.29, 1.82) is 0 Å². The fourth-order valence-corrected chi connectivity index (χ4v) is 1.51. The Hall–Kier alpha value is -1.65. The summed E-state index contributed by atoms with van der Waals surface area (Å²) in [5, 5.41) is 8.63. The first-order chi connectivity index (χ1) is 9.09. The summed E-state index contributed by atoms with van der Waals surface area (Å²) in [4.78, 5) is 10.5. The Morgan fingerprint density at radius 1 is 1.32 bits per heavy atom. The summed E-state index contributed by atoms with van der Waals surface area (Å²) in [5.41, 5.74) is 1.82. The molecule has 0 amide bonds. The average molecular weight is 264 g/mol. The SMILES string of the molecule is CC(C)OCCOCc1ccccc1C=CC(=O)O. The van der Waals surface area contributed by atoms with E-state index in [4.69, 9.17) is 14.6 Å². The lowest BCUT2D eigenvalue weighted by molar-refractivity contribution is -0.131. The molecule has 0 unspecified atom stereocenters. The van der Waals surface area contributed by atoms with Crippen LogP contribution in [0, 0.1) is 0 Å². The largest absolute Gasteiger partial charge is 0.478 e. The quantitative estimate of drug-likeness (QED) is 0.579. The fraction of sp³-hybridized carbons (Fsp3) is 0.400. The molecular weight excluding hydrogens is 244 g/mol. The molecular formula is C15H20O4. The molecule has 0 fully saturated rings. The molecule has 0 spiro atoms. The number of rotatable bonds is 8. The molecule has 0 aliphatic heterocycles. The van der Waals surface area contributed by atoms with E-state index >= 15 is 0 Å². The molecule has 104 valence electrons. The van der Waals surface area contributed by atoms with Crippen molar-refractivity contribution in [3.8, 4) is 0 Å². The third kappa shape index (κ3) is 6.74. The van der Waals surface area contributed by atoms with Crippen molar-refractivity contribution in [2.75, 3.05) is 13.2 Å². The molecule has 0 heterocycles. The Labute approximate surface area is 113 Å². The maximum absolute atomic E-state index is 10.5. The number of carboxylic acid groups (broad SMARTS) is 1. The maximum Gasteiger partial charge on any atom is 0.328 e. The lowest BCUT2D eigenvalue weighted by Gasteiger charge is -2.09. The van der Waals surface area contributed by atoms with E-state index in [9.17, 15) is 4.79 Å².